The van der Waals surface area contributed by atoms with Gasteiger partial charge in [0.1, 0.15) is 0 Å². The zero-order chi connectivity index (χ0) is 4.50. The van der Waals surface area contributed by atoms with Gasteiger partial charge in [-0.05, 0) is 0 Å². The summed E-state index contributed by atoms with van der Waals surface area (Å²) >= 11 is 0. The predicted octanol–water partition coefficient (Wildman–Crippen LogP) is -5.15. The summed E-state index contributed by atoms with van der Waals surface area (Å²) in [6.07, 6.45) is 0. The molecule has 4 nitrogen and oxygen atoms in total. The maximum atomic E-state index is 8.66. The van der Waals surface area contributed by atoms with E-state index in [1.54, 1.807) is 0 Å². The number of hydrogen-bond acceptors (Lipinski definition) is 3. The third-order valence-electron chi connectivity index (χ3n) is 0. The molecule has 0 amide bonds. The van der Waals surface area contributed by atoms with Crippen molar-refractivity contribution in [2.75, 3.05) is 0 Å². The molecule has 0 aliphatic rings. The average molecular weight is 195 g/mol. The molecule has 0 bridgehead atoms. The molecule has 0 heterocycles. The molecule has 0 spiro atoms. The van der Waals surface area contributed by atoms with E-state index in [0.29, 0.717) is 0 Å². The van der Waals surface area contributed by atoms with E-state index in [1.807, 2.05) is 0 Å². The normalized spacial score (nSPS) is 7.38. The molecule has 0 saturated heterocycles. The zero-order valence-corrected chi connectivity index (χ0v) is 7.10. The minimum absolute atomic E-state index is 0. The molecule has 0 fully saturated rings. The molecule has 0 saturated carbocycles. The SMILES string of the molecule is Cl.O=P([O-])([O-])O.[Al+3].[Cl-]. The van der Waals surface area contributed by atoms with Crippen LogP contribution in [-0.4, -0.2) is 22.3 Å². The van der Waals surface area contributed by atoms with Crippen LogP contribution in [-0.2, 0) is 4.57 Å². The second-order valence-corrected chi connectivity index (χ2v) is 1.41. The fourth-order valence-electron chi connectivity index (χ4n) is 0. The van der Waals surface area contributed by atoms with Gasteiger partial charge in [-0.3, -0.25) is 0 Å². The Labute approximate surface area is 69.5 Å². The van der Waals surface area contributed by atoms with Gasteiger partial charge in [0, 0.05) is 0 Å². The predicted molar refractivity (Wildman–Crippen MR) is 22.8 cm³/mol. The van der Waals surface area contributed by atoms with Gasteiger partial charge in [0.05, 0.1) is 7.82 Å². The monoisotopic (exact) mass is 194 g/mol. The Hall–Kier alpha value is 1.22. The van der Waals surface area contributed by atoms with E-state index in [0.717, 1.165) is 0 Å². The second kappa shape index (κ2) is 8.22. The molecule has 1 N–H and O–H groups in total. The van der Waals surface area contributed by atoms with Gasteiger partial charge < -0.3 is 31.7 Å². The third-order valence-corrected chi connectivity index (χ3v) is 0. The van der Waals surface area contributed by atoms with Crippen molar-refractivity contribution in [1.82, 2.24) is 0 Å². The maximum absolute atomic E-state index is 8.66. The summed E-state index contributed by atoms with van der Waals surface area (Å²) in [7, 11) is -5.14. The summed E-state index contributed by atoms with van der Waals surface area (Å²) < 4.78 is 8.66. The first kappa shape index (κ1) is 22.9. The summed E-state index contributed by atoms with van der Waals surface area (Å²) in [6.45, 7) is 0. The van der Waals surface area contributed by atoms with E-state index in [9.17, 15) is 0 Å². The first-order valence-electron chi connectivity index (χ1n) is 0.748. The molecule has 0 aromatic heterocycles. The molecule has 0 unspecified atom stereocenters. The van der Waals surface area contributed by atoms with Gasteiger partial charge in [0.25, 0.3) is 0 Å². The Balaban J connectivity index is -0.0000000267. The molecule has 0 atom stereocenters. The van der Waals surface area contributed by atoms with Crippen molar-refractivity contribution in [1.29, 1.82) is 0 Å². The third kappa shape index (κ3) is 187. The van der Waals surface area contributed by atoms with E-state index in [-0.39, 0.29) is 42.2 Å². The minimum atomic E-state index is -5.14. The van der Waals surface area contributed by atoms with Crippen LogP contribution in [0.3, 0.4) is 0 Å². The van der Waals surface area contributed by atoms with Crippen molar-refractivity contribution < 1.29 is 31.7 Å². The molecule has 0 aromatic carbocycles. The Kier molecular flexibility index (Phi) is 23.5. The van der Waals surface area contributed by atoms with E-state index >= 15 is 0 Å². The standard InChI is InChI=1S/Al.2ClH.H3O4P/c;;;1-5(2,3)4/h;2*1H;(H3,1,2,3,4)/q+3;;;/p-3. The van der Waals surface area contributed by atoms with Crippen LogP contribution in [0.4, 0.5) is 0 Å². The maximum Gasteiger partial charge on any atom is 3.00 e. The first-order chi connectivity index (χ1) is 2.00. The first-order valence-corrected chi connectivity index (χ1v) is 2.24. The van der Waals surface area contributed by atoms with Crippen LogP contribution in [0.15, 0.2) is 0 Å². The summed E-state index contributed by atoms with van der Waals surface area (Å²) in [4.78, 5) is 24.3. The van der Waals surface area contributed by atoms with Crippen LogP contribution in [0.25, 0.3) is 0 Å². The molecular formula is H2AlCl2O4P. The Morgan fingerprint density at radius 3 is 1.38 bits per heavy atom. The topological polar surface area (TPSA) is 83.4 Å². The smallest absolute Gasteiger partial charge is 1.00 e. The van der Waals surface area contributed by atoms with Crippen LogP contribution in [0.1, 0.15) is 0 Å². The number of halogens is 2. The summed E-state index contributed by atoms with van der Waals surface area (Å²) in [5.74, 6) is 0. The largest absolute Gasteiger partial charge is 3.00 e. The van der Waals surface area contributed by atoms with Gasteiger partial charge >= 0.3 is 17.4 Å². The van der Waals surface area contributed by atoms with Crippen molar-refractivity contribution in [2.45, 2.75) is 0 Å². The minimum Gasteiger partial charge on any atom is -1.00 e. The molecular weight excluding hydrogens is 193 g/mol. The summed E-state index contributed by atoms with van der Waals surface area (Å²) in [5.41, 5.74) is 0. The number of rotatable bonds is 0. The van der Waals surface area contributed by atoms with E-state index < -0.39 is 7.82 Å². The van der Waals surface area contributed by atoms with Gasteiger partial charge in [-0.15, -0.1) is 12.4 Å². The Bertz CT molecular complexity index is 60.2. The van der Waals surface area contributed by atoms with Gasteiger partial charge in [0.2, 0.25) is 0 Å². The molecule has 0 aliphatic heterocycles. The quantitative estimate of drug-likeness (QED) is 0.309. The molecule has 0 aliphatic carbocycles. The molecule has 48 valence electrons. The molecule has 0 radical (unpaired) electrons. The van der Waals surface area contributed by atoms with E-state index in [1.165, 1.54) is 0 Å². The van der Waals surface area contributed by atoms with Crippen LogP contribution >= 0.6 is 20.2 Å². The Morgan fingerprint density at radius 1 is 1.38 bits per heavy atom. The van der Waals surface area contributed by atoms with Crippen molar-refractivity contribution in [3.8, 4) is 0 Å². The molecule has 0 rings (SSSR count). The van der Waals surface area contributed by atoms with Crippen molar-refractivity contribution in [3.05, 3.63) is 0 Å². The zero-order valence-electron chi connectivity index (χ0n) is 3.48. The van der Waals surface area contributed by atoms with Crippen molar-refractivity contribution in [3.63, 3.8) is 0 Å². The fourth-order valence-corrected chi connectivity index (χ4v) is 0. The van der Waals surface area contributed by atoms with E-state index in [2.05, 4.69) is 0 Å². The Morgan fingerprint density at radius 2 is 1.38 bits per heavy atom. The molecule has 8 heavy (non-hydrogen) atoms. The molecule has 0 aromatic rings. The van der Waals surface area contributed by atoms with Crippen LogP contribution < -0.4 is 22.2 Å². The van der Waals surface area contributed by atoms with Crippen LogP contribution in [0.2, 0.25) is 0 Å². The summed E-state index contributed by atoms with van der Waals surface area (Å²) in [6, 6.07) is 0. The second-order valence-electron chi connectivity index (χ2n) is 0.469. The van der Waals surface area contributed by atoms with Crippen molar-refractivity contribution >= 4 is 37.6 Å². The van der Waals surface area contributed by atoms with Gasteiger partial charge in [-0.1, -0.05) is 0 Å². The average Bonchev–Trinajstić information content (AvgIpc) is 0.722. The van der Waals surface area contributed by atoms with E-state index in [4.69, 9.17) is 19.2 Å². The van der Waals surface area contributed by atoms with Gasteiger partial charge in [0.15, 0.2) is 0 Å². The number of hydrogen-bond donors (Lipinski definition) is 1. The fraction of sp³-hybridized carbons (Fsp3) is 0. The van der Waals surface area contributed by atoms with Crippen molar-refractivity contribution in [2.24, 2.45) is 0 Å². The van der Waals surface area contributed by atoms with Crippen LogP contribution in [0, 0.1) is 0 Å². The van der Waals surface area contributed by atoms with Gasteiger partial charge in [-0.25, -0.2) is 0 Å². The summed E-state index contributed by atoms with van der Waals surface area (Å²) in [5, 5.41) is 0. The van der Waals surface area contributed by atoms with Gasteiger partial charge in [-0.2, -0.15) is 0 Å². The van der Waals surface area contributed by atoms with Crippen LogP contribution in [0.5, 0.6) is 0 Å². The number of phosphoric acid groups is 1. The molecule has 8 heteroatoms.